The third-order valence-corrected chi connectivity index (χ3v) is 2.53. The molecule has 4 nitrogen and oxygen atoms in total. The van der Waals surface area contributed by atoms with Gasteiger partial charge in [-0.2, -0.15) is 5.10 Å². The molecule has 0 saturated carbocycles. The fourth-order valence-electron chi connectivity index (χ4n) is 1.61. The Labute approximate surface area is 104 Å². The minimum atomic E-state index is -0.297. The number of carbonyl (C=O) groups is 1. The molecular formula is C13H14FN3O. The van der Waals surface area contributed by atoms with Crippen molar-refractivity contribution in [3.05, 3.63) is 53.6 Å². The molecule has 0 radical (unpaired) electrons. The molecule has 5 heteroatoms. The largest absolute Gasteiger partial charge is 0.352 e. The van der Waals surface area contributed by atoms with E-state index >= 15 is 0 Å². The van der Waals surface area contributed by atoms with Gasteiger partial charge in [0, 0.05) is 25.4 Å². The first-order chi connectivity index (χ1) is 8.63. The molecule has 0 aliphatic carbocycles. The molecule has 0 atom stereocenters. The third kappa shape index (κ3) is 3.41. The van der Waals surface area contributed by atoms with Crippen LogP contribution in [-0.2, 0) is 24.8 Å². The first-order valence-electron chi connectivity index (χ1n) is 5.62. The summed E-state index contributed by atoms with van der Waals surface area (Å²) in [5.41, 5.74) is 1.74. The van der Waals surface area contributed by atoms with Gasteiger partial charge in [-0.3, -0.25) is 9.48 Å². The molecule has 18 heavy (non-hydrogen) atoms. The zero-order valence-electron chi connectivity index (χ0n) is 10.1. The average molecular weight is 247 g/mol. The van der Waals surface area contributed by atoms with Crippen LogP contribution in [0.4, 0.5) is 4.39 Å². The van der Waals surface area contributed by atoms with Crippen molar-refractivity contribution in [2.75, 3.05) is 0 Å². The van der Waals surface area contributed by atoms with Gasteiger partial charge < -0.3 is 5.32 Å². The van der Waals surface area contributed by atoms with E-state index in [0.29, 0.717) is 6.54 Å². The fraction of sp³-hybridized carbons (Fsp3) is 0.231. The van der Waals surface area contributed by atoms with Gasteiger partial charge in [-0.15, -0.1) is 0 Å². The molecule has 0 aliphatic heterocycles. The summed E-state index contributed by atoms with van der Waals surface area (Å²) >= 11 is 0. The lowest BCUT2D eigenvalue weighted by Crippen LogP contribution is -2.24. The van der Waals surface area contributed by atoms with Crippen molar-refractivity contribution in [1.82, 2.24) is 15.1 Å². The lowest BCUT2D eigenvalue weighted by Gasteiger charge is -2.03. The monoisotopic (exact) mass is 247 g/mol. The van der Waals surface area contributed by atoms with Gasteiger partial charge in [0.15, 0.2) is 0 Å². The molecule has 94 valence electrons. The first kappa shape index (κ1) is 12.3. The van der Waals surface area contributed by atoms with Crippen LogP contribution in [0, 0.1) is 5.82 Å². The van der Waals surface area contributed by atoms with Gasteiger partial charge in [0.1, 0.15) is 5.82 Å². The van der Waals surface area contributed by atoms with Crippen molar-refractivity contribution >= 4 is 5.91 Å². The van der Waals surface area contributed by atoms with Crippen LogP contribution < -0.4 is 5.32 Å². The van der Waals surface area contributed by atoms with Crippen LogP contribution in [0.1, 0.15) is 11.1 Å². The Balaban J connectivity index is 1.83. The van der Waals surface area contributed by atoms with Gasteiger partial charge in [-0.25, -0.2) is 4.39 Å². The maximum absolute atomic E-state index is 12.7. The Hall–Kier alpha value is -2.17. The molecule has 0 bridgehead atoms. The molecule has 1 amide bonds. The van der Waals surface area contributed by atoms with E-state index in [-0.39, 0.29) is 18.1 Å². The van der Waals surface area contributed by atoms with Crippen LogP contribution in [0.25, 0.3) is 0 Å². The molecule has 0 saturated heterocycles. The smallest absolute Gasteiger partial charge is 0.224 e. The summed E-state index contributed by atoms with van der Waals surface area (Å²) in [6, 6.07) is 5.92. The minimum Gasteiger partial charge on any atom is -0.352 e. The first-order valence-corrected chi connectivity index (χ1v) is 5.62. The number of benzene rings is 1. The number of hydrogen-bond acceptors (Lipinski definition) is 2. The molecule has 0 spiro atoms. The van der Waals surface area contributed by atoms with E-state index in [9.17, 15) is 9.18 Å². The zero-order valence-corrected chi connectivity index (χ0v) is 10.1. The second kappa shape index (κ2) is 5.44. The van der Waals surface area contributed by atoms with Crippen LogP contribution >= 0.6 is 0 Å². The van der Waals surface area contributed by atoms with Crippen LogP contribution in [-0.4, -0.2) is 15.7 Å². The predicted molar refractivity (Wildman–Crippen MR) is 65.2 cm³/mol. The SMILES string of the molecule is Cn1cc(CNC(=O)Cc2ccc(F)cc2)cn1. The van der Waals surface area contributed by atoms with Gasteiger partial charge in [-0.05, 0) is 17.7 Å². The summed E-state index contributed by atoms with van der Waals surface area (Å²) in [5.74, 6) is -0.389. The van der Waals surface area contributed by atoms with Crippen molar-refractivity contribution < 1.29 is 9.18 Å². The van der Waals surface area contributed by atoms with Crippen LogP contribution in [0.2, 0.25) is 0 Å². The van der Waals surface area contributed by atoms with Gasteiger partial charge >= 0.3 is 0 Å². The van der Waals surface area contributed by atoms with Crippen molar-refractivity contribution in [1.29, 1.82) is 0 Å². The number of nitrogens with one attached hydrogen (secondary N) is 1. The molecule has 1 heterocycles. The highest BCUT2D eigenvalue weighted by atomic mass is 19.1. The van der Waals surface area contributed by atoms with Crippen LogP contribution in [0.3, 0.4) is 0 Å². The van der Waals surface area contributed by atoms with E-state index in [1.54, 1.807) is 23.0 Å². The number of halogens is 1. The van der Waals surface area contributed by atoms with E-state index in [1.807, 2.05) is 13.2 Å². The Morgan fingerprint density at radius 1 is 1.33 bits per heavy atom. The highest BCUT2D eigenvalue weighted by Gasteiger charge is 2.04. The number of nitrogens with zero attached hydrogens (tertiary/aromatic N) is 2. The van der Waals surface area contributed by atoms with Crippen molar-refractivity contribution in [2.24, 2.45) is 7.05 Å². The van der Waals surface area contributed by atoms with Gasteiger partial charge in [0.05, 0.1) is 12.6 Å². The maximum Gasteiger partial charge on any atom is 0.224 e. The quantitative estimate of drug-likeness (QED) is 0.888. The van der Waals surface area contributed by atoms with E-state index in [2.05, 4.69) is 10.4 Å². The van der Waals surface area contributed by atoms with Crippen molar-refractivity contribution in [3.8, 4) is 0 Å². The summed E-state index contributed by atoms with van der Waals surface area (Å²) in [6.07, 6.45) is 3.80. The highest BCUT2D eigenvalue weighted by Crippen LogP contribution is 2.03. The maximum atomic E-state index is 12.7. The Morgan fingerprint density at radius 3 is 2.67 bits per heavy atom. The topological polar surface area (TPSA) is 46.9 Å². The number of rotatable bonds is 4. The Kier molecular flexibility index (Phi) is 3.72. The third-order valence-electron chi connectivity index (χ3n) is 2.53. The standard InChI is InChI=1S/C13H14FN3O/c1-17-9-11(8-16-17)7-15-13(18)6-10-2-4-12(14)5-3-10/h2-5,8-9H,6-7H2,1H3,(H,15,18). The highest BCUT2D eigenvalue weighted by molar-refractivity contribution is 5.78. The molecule has 1 aromatic carbocycles. The van der Waals surface area contributed by atoms with Crippen molar-refractivity contribution in [2.45, 2.75) is 13.0 Å². The summed E-state index contributed by atoms with van der Waals surface area (Å²) in [6.45, 7) is 0.452. The lowest BCUT2D eigenvalue weighted by molar-refractivity contribution is -0.120. The summed E-state index contributed by atoms with van der Waals surface area (Å²) in [5, 5.41) is 6.80. The van der Waals surface area contributed by atoms with Crippen LogP contribution in [0.5, 0.6) is 0 Å². The van der Waals surface area contributed by atoms with Gasteiger partial charge in [-0.1, -0.05) is 12.1 Å². The van der Waals surface area contributed by atoms with E-state index in [1.165, 1.54) is 12.1 Å². The molecule has 1 aromatic heterocycles. The number of aryl methyl sites for hydroxylation is 1. The van der Waals surface area contributed by atoms with E-state index in [0.717, 1.165) is 11.1 Å². The summed E-state index contributed by atoms with van der Waals surface area (Å²) in [7, 11) is 1.82. The van der Waals surface area contributed by atoms with Gasteiger partial charge in [0.2, 0.25) is 5.91 Å². The minimum absolute atomic E-state index is 0.0922. The summed E-state index contributed by atoms with van der Waals surface area (Å²) < 4.78 is 14.4. The average Bonchev–Trinajstić information content (AvgIpc) is 2.76. The summed E-state index contributed by atoms with van der Waals surface area (Å²) in [4.78, 5) is 11.6. The second-order valence-electron chi connectivity index (χ2n) is 4.10. The van der Waals surface area contributed by atoms with E-state index in [4.69, 9.17) is 0 Å². The molecular weight excluding hydrogens is 233 g/mol. The fourth-order valence-corrected chi connectivity index (χ4v) is 1.61. The molecule has 0 aliphatic rings. The van der Waals surface area contributed by atoms with Crippen LogP contribution in [0.15, 0.2) is 36.7 Å². The number of amides is 1. The number of aromatic nitrogens is 2. The molecule has 2 rings (SSSR count). The van der Waals surface area contributed by atoms with Gasteiger partial charge in [0.25, 0.3) is 0 Å². The zero-order chi connectivity index (χ0) is 13.0. The molecule has 0 unspecified atom stereocenters. The molecule has 0 fully saturated rings. The predicted octanol–water partition coefficient (Wildman–Crippen LogP) is 1.42. The van der Waals surface area contributed by atoms with E-state index < -0.39 is 0 Å². The molecule has 1 N–H and O–H groups in total. The number of carbonyl (C=O) groups excluding carboxylic acids is 1. The molecule has 2 aromatic rings. The normalized spacial score (nSPS) is 10.3. The Bertz CT molecular complexity index is 533. The lowest BCUT2D eigenvalue weighted by atomic mass is 10.1. The second-order valence-corrected chi connectivity index (χ2v) is 4.10. The number of hydrogen-bond donors (Lipinski definition) is 1. The van der Waals surface area contributed by atoms with Crippen molar-refractivity contribution in [3.63, 3.8) is 0 Å². The Morgan fingerprint density at radius 2 is 2.06 bits per heavy atom.